The third-order valence-corrected chi connectivity index (χ3v) is 7.07. The summed E-state index contributed by atoms with van der Waals surface area (Å²) < 4.78 is 43.6. The van der Waals surface area contributed by atoms with Crippen LogP contribution in [0, 0.1) is 0 Å². The van der Waals surface area contributed by atoms with Gasteiger partial charge in [0, 0.05) is 18.2 Å². The molecule has 0 heterocycles. The molecule has 8 nitrogen and oxygen atoms in total. The number of methoxy groups -OCH3 is 3. The van der Waals surface area contributed by atoms with Gasteiger partial charge in [0.25, 0.3) is 5.91 Å². The summed E-state index contributed by atoms with van der Waals surface area (Å²) in [4.78, 5) is 12.8. The van der Waals surface area contributed by atoms with Crippen LogP contribution < -0.4 is 24.2 Å². The Morgan fingerprint density at radius 3 is 2.09 bits per heavy atom. The number of hydrogen-bond acceptors (Lipinski definition) is 6. The maximum atomic E-state index is 12.6. The molecule has 0 bridgehead atoms. The van der Waals surface area contributed by atoms with Gasteiger partial charge in [0.1, 0.15) is 0 Å². The Morgan fingerprint density at radius 1 is 0.969 bits per heavy atom. The van der Waals surface area contributed by atoms with Crippen LogP contribution in [0.1, 0.15) is 41.6 Å². The van der Waals surface area contributed by atoms with Gasteiger partial charge in [-0.3, -0.25) is 4.79 Å². The number of ether oxygens (including phenoxy) is 3. The summed E-state index contributed by atoms with van der Waals surface area (Å²) in [5.41, 5.74) is 1.31. The number of nitrogens with one attached hydrogen (secondary N) is 2. The Labute approximate surface area is 189 Å². The molecule has 0 aliphatic heterocycles. The van der Waals surface area contributed by atoms with E-state index in [0.717, 1.165) is 31.2 Å². The first kappa shape index (κ1) is 23.9. The van der Waals surface area contributed by atoms with Gasteiger partial charge in [0.05, 0.1) is 26.2 Å². The van der Waals surface area contributed by atoms with Gasteiger partial charge in [-0.1, -0.05) is 25.0 Å². The number of carbonyl (C=O) groups excluding carboxylic acids is 1. The van der Waals surface area contributed by atoms with Crippen molar-refractivity contribution < 1.29 is 27.4 Å². The molecular formula is C23H30N2O6S. The number of carbonyl (C=O) groups is 1. The van der Waals surface area contributed by atoms with Crippen LogP contribution >= 0.6 is 0 Å². The zero-order chi connectivity index (χ0) is 23.1. The predicted octanol–water partition coefficient (Wildman–Crippen LogP) is 2.91. The predicted molar refractivity (Wildman–Crippen MR) is 121 cm³/mol. The van der Waals surface area contributed by atoms with Gasteiger partial charge in [-0.05, 0) is 49.1 Å². The second-order valence-corrected chi connectivity index (χ2v) is 9.38. The van der Waals surface area contributed by atoms with Crippen LogP contribution in [0.15, 0.2) is 41.3 Å². The highest BCUT2D eigenvalue weighted by Gasteiger charge is 2.22. The molecule has 0 aromatic heterocycles. The molecule has 1 aliphatic carbocycles. The minimum absolute atomic E-state index is 0.0325. The molecule has 1 fully saturated rings. The molecule has 1 aliphatic rings. The number of sulfonamides is 1. The van der Waals surface area contributed by atoms with Crippen LogP contribution in [-0.2, 0) is 16.4 Å². The molecule has 0 spiro atoms. The summed E-state index contributed by atoms with van der Waals surface area (Å²) in [5.74, 6) is 0.952. The number of amides is 1. The van der Waals surface area contributed by atoms with Crippen molar-refractivity contribution in [3.8, 4) is 17.2 Å². The molecule has 0 saturated heterocycles. The van der Waals surface area contributed by atoms with E-state index in [1.807, 2.05) is 0 Å². The van der Waals surface area contributed by atoms with Crippen molar-refractivity contribution >= 4 is 15.9 Å². The Hall–Kier alpha value is -2.78. The first-order valence-electron chi connectivity index (χ1n) is 10.6. The lowest BCUT2D eigenvalue weighted by molar-refractivity contribution is 0.0953. The third-order valence-electron chi connectivity index (χ3n) is 5.54. The minimum atomic E-state index is -3.50. The van der Waals surface area contributed by atoms with E-state index in [0.29, 0.717) is 35.8 Å². The van der Waals surface area contributed by atoms with Crippen LogP contribution in [0.4, 0.5) is 0 Å². The molecule has 9 heteroatoms. The summed E-state index contributed by atoms with van der Waals surface area (Å²) >= 11 is 0. The van der Waals surface area contributed by atoms with E-state index >= 15 is 0 Å². The van der Waals surface area contributed by atoms with E-state index in [-0.39, 0.29) is 16.8 Å². The zero-order valence-electron chi connectivity index (χ0n) is 18.6. The average molecular weight is 463 g/mol. The molecular weight excluding hydrogens is 432 g/mol. The molecule has 0 radical (unpaired) electrons. The summed E-state index contributed by atoms with van der Waals surface area (Å²) in [7, 11) is 0.983. The fourth-order valence-electron chi connectivity index (χ4n) is 3.80. The lowest BCUT2D eigenvalue weighted by Gasteiger charge is -2.14. The smallest absolute Gasteiger partial charge is 0.251 e. The maximum Gasteiger partial charge on any atom is 0.251 e. The molecule has 2 N–H and O–H groups in total. The second kappa shape index (κ2) is 10.7. The summed E-state index contributed by atoms with van der Waals surface area (Å²) in [5, 5.41) is 2.86. The SMILES string of the molecule is COc1cc(C(=O)NCCc2ccc(S(=O)(=O)NC3CCCC3)cc2)cc(OC)c1OC. The van der Waals surface area contributed by atoms with E-state index in [1.165, 1.54) is 21.3 Å². The molecule has 1 saturated carbocycles. The Balaban J connectivity index is 1.58. The van der Waals surface area contributed by atoms with E-state index in [2.05, 4.69) is 10.0 Å². The summed E-state index contributed by atoms with van der Waals surface area (Å²) in [6.07, 6.45) is 4.47. The fraction of sp³-hybridized carbons (Fsp3) is 0.435. The maximum absolute atomic E-state index is 12.6. The Morgan fingerprint density at radius 2 is 1.56 bits per heavy atom. The van der Waals surface area contributed by atoms with Crippen molar-refractivity contribution in [2.45, 2.75) is 43.0 Å². The zero-order valence-corrected chi connectivity index (χ0v) is 19.5. The molecule has 2 aromatic carbocycles. The van der Waals surface area contributed by atoms with Gasteiger partial charge in [0.15, 0.2) is 11.5 Å². The molecule has 3 rings (SSSR count). The van der Waals surface area contributed by atoms with Crippen molar-refractivity contribution in [1.29, 1.82) is 0 Å². The lowest BCUT2D eigenvalue weighted by Crippen LogP contribution is -2.32. The molecule has 0 unspecified atom stereocenters. The van der Waals surface area contributed by atoms with Crippen molar-refractivity contribution in [1.82, 2.24) is 10.0 Å². The third kappa shape index (κ3) is 5.72. The molecule has 2 aromatic rings. The van der Waals surface area contributed by atoms with Gasteiger partial charge < -0.3 is 19.5 Å². The van der Waals surface area contributed by atoms with Gasteiger partial charge in [-0.15, -0.1) is 0 Å². The molecule has 32 heavy (non-hydrogen) atoms. The van der Waals surface area contributed by atoms with Gasteiger partial charge >= 0.3 is 0 Å². The van der Waals surface area contributed by atoms with Crippen molar-refractivity contribution in [3.63, 3.8) is 0 Å². The van der Waals surface area contributed by atoms with Crippen LogP contribution in [0.5, 0.6) is 17.2 Å². The molecule has 0 atom stereocenters. The highest BCUT2D eigenvalue weighted by Crippen LogP contribution is 2.38. The van der Waals surface area contributed by atoms with E-state index < -0.39 is 10.0 Å². The highest BCUT2D eigenvalue weighted by molar-refractivity contribution is 7.89. The van der Waals surface area contributed by atoms with E-state index in [9.17, 15) is 13.2 Å². The Bertz CT molecular complexity index is 1010. The quantitative estimate of drug-likeness (QED) is 0.563. The van der Waals surface area contributed by atoms with Crippen LogP contribution in [0.2, 0.25) is 0 Å². The summed E-state index contributed by atoms with van der Waals surface area (Å²) in [6, 6.07) is 9.97. The fourth-order valence-corrected chi connectivity index (χ4v) is 5.11. The van der Waals surface area contributed by atoms with Crippen molar-refractivity contribution in [2.75, 3.05) is 27.9 Å². The largest absolute Gasteiger partial charge is 0.493 e. The number of rotatable bonds is 10. The van der Waals surface area contributed by atoms with Crippen LogP contribution in [0.25, 0.3) is 0 Å². The van der Waals surface area contributed by atoms with Crippen LogP contribution in [-0.4, -0.2) is 48.2 Å². The first-order chi connectivity index (χ1) is 15.4. The van der Waals surface area contributed by atoms with Gasteiger partial charge in [-0.2, -0.15) is 0 Å². The van der Waals surface area contributed by atoms with Crippen molar-refractivity contribution in [3.05, 3.63) is 47.5 Å². The van der Waals surface area contributed by atoms with E-state index in [1.54, 1.807) is 36.4 Å². The minimum Gasteiger partial charge on any atom is -0.493 e. The van der Waals surface area contributed by atoms with Crippen LogP contribution in [0.3, 0.4) is 0 Å². The normalized spacial score (nSPS) is 14.2. The Kier molecular flexibility index (Phi) is 7.98. The lowest BCUT2D eigenvalue weighted by atomic mass is 10.1. The first-order valence-corrected chi connectivity index (χ1v) is 12.1. The van der Waals surface area contributed by atoms with Gasteiger partial charge in [-0.25, -0.2) is 13.1 Å². The van der Waals surface area contributed by atoms with Crippen molar-refractivity contribution in [2.24, 2.45) is 0 Å². The van der Waals surface area contributed by atoms with Gasteiger partial charge in [0.2, 0.25) is 15.8 Å². The van der Waals surface area contributed by atoms with E-state index in [4.69, 9.17) is 14.2 Å². The molecule has 1 amide bonds. The number of hydrogen-bond donors (Lipinski definition) is 2. The highest BCUT2D eigenvalue weighted by atomic mass is 32.2. The second-order valence-electron chi connectivity index (χ2n) is 7.67. The monoisotopic (exact) mass is 462 g/mol. The topological polar surface area (TPSA) is 103 Å². The summed E-state index contributed by atoms with van der Waals surface area (Å²) in [6.45, 7) is 0.391. The average Bonchev–Trinajstić information content (AvgIpc) is 3.30. The number of benzene rings is 2. The molecule has 174 valence electrons. The standard InChI is InChI=1S/C23H30N2O6S/c1-29-20-14-17(15-21(30-2)22(20)31-3)23(26)24-13-12-16-8-10-19(11-9-16)32(27,28)25-18-6-4-5-7-18/h8-11,14-15,18,25H,4-7,12-13H2,1-3H3,(H,24,26).